The van der Waals surface area contributed by atoms with Gasteiger partial charge in [0.05, 0.1) is 0 Å². The van der Waals surface area contributed by atoms with Crippen molar-refractivity contribution in [2.45, 2.75) is 19.3 Å². The number of hydrogen-bond donors (Lipinski definition) is 0. The van der Waals surface area contributed by atoms with E-state index in [4.69, 9.17) is 0 Å². The summed E-state index contributed by atoms with van der Waals surface area (Å²) in [5.74, 6) is -1.41. The predicted octanol–water partition coefficient (Wildman–Crippen LogP) is 7.75. The van der Waals surface area contributed by atoms with Gasteiger partial charge in [-0.05, 0) is 77.9 Å². The lowest BCUT2D eigenvalue weighted by molar-refractivity contribution is 0.623. The zero-order chi connectivity index (χ0) is 21.8. The van der Waals surface area contributed by atoms with Crippen molar-refractivity contribution in [1.29, 1.82) is 0 Å². The molecule has 0 saturated carbocycles. The Morgan fingerprint density at radius 1 is 0.452 bits per heavy atom. The molecule has 0 aromatic heterocycles. The van der Waals surface area contributed by atoms with Crippen LogP contribution in [0.15, 0.2) is 84.9 Å². The minimum atomic E-state index is -0.358. The smallest absolute Gasteiger partial charge is 0.131 e. The summed E-state index contributed by atoms with van der Waals surface area (Å²) in [5, 5.41) is 0. The summed E-state index contributed by atoms with van der Waals surface area (Å²) >= 11 is 0. The molecule has 0 amide bonds. The Balaban J connectivity index is 1.39. The van der Waals surface area contributed by atoms with Crippen molar-refractivity contribution in [3.8, 4) is 22.3 Å². The van der Waals surface area contributed by atoms with Crippen LogP contribution in [0.5, 0.6) is 0 Å². The largest absolute Gasteiger partial charge is 0.207 e. The second-order valence-electron chi connectivity index (χ2n) is 7.50. The molecular formula is C27H20F4. The average molecular weight is 420 g/mol. The Morgan fingerprint density at radius 2 is 0.839 bits per heavy atom. The maximum atomic E-state index is 14.5. The Morgan fingerprint density at radius 3 is 1.19 bits per heavy atom. The van der Waals surface area contributed by atoms with Crippen molar-refractivity contribution in [3.05, 3.63) is 119 Å². The van der Waals surface area contributed by atoms with Gasteiger partial charge >= 0.3 is 0 Å². The second-order valence-corrected chi connectivity index (χ2v) is 7.50. The summed E-state index contributed by atoms with van der Waals surface area (Å²) in [6.07, 6.45) is 2.05. The lowest BCUT2D eigenvalue weighted by Crippen LogP contribution is -1.94. The third-order valence-electron chi connectivity index (χ3n) is 5.31. The molecule has 4 rings (SSSR count). The molecule has 4 aromatic rings. The van der Waals surface area contributed by atoms with E-state index in [1.165, 1.54) is 36.4 Å². The quantitative estimate of drug-likeness (QED) is 0.280. The number of hydrogen-bond acceptors (Lipinski definition) is 0. The molecule has 0 saturated heterocycles. The molecule has 156 valence electrons. The van der Waals surface area contributed by atoms with E-state index in [0.717, 1.165) is 17.5 Å². The number of aryl methyl sites for hydroxylation is 2. The topological polar surface area (TPSA) is 0 Å². The summed E-state index contributed by atoms with van der Waals surface area (Å²) in [6.45, 7) is 0. The molecule has 0 spiro atoms. The lowest BCUT2D eigenvalue weighted by atomic mass is 9.98. The Labute approximate surface area is 178 Å². The van der Waals surface area contributed by atoms with Crippen LogP contribution in [0.25, 0.3) is 22.3 Å². The lowest BCUT2D eigenvalue weighted by Gasteiger charge is -2.08. The third kappa shape index (κ3) is 5.02. The van der Waals surface area contributed by atoms with Crippen LogP contribution in [-0.4, -0.2) is 0 Å². The summed E-state index contributed by atoms with van der Waals surface area (Å²) in [7, 11) is 0. The standard InChI is InChI=1S/C27H20F4/c28-22-10-6-20(7-11-22)24-14-4-18(16-26(24)30)2-1-3-19-5-15-25(27(31)17-19)21-8-12-23(29)13-9-21/h4-17H,1-3H2. The van der Waals surface area contributed by atoms with Gasteiger partial charge in [0.2, 0.25) is 0 Å². The maximum Gasteiger partial charge on any atom is 0.131 e. The van der Waals surface area contributed by atoms with Crippen molar-refractivity contribution < 1.29 is 17.6 Å². The van der Waals surface area contributed by atoms with Crippen molar-refractivity contribution >= 4 is 0 Å². The van der Waals surface area contributed by atoms with Crippen LogP contribution in [0.1, 0.15) is 17.5 Å². The monoisotopic (exact) mass is 420 g/mol. The van der Waals surface area contributed by atoms with Crippen LogP contribution >= 0.6 is 0 Å². The normalized spacial score (nSPS) is 11.0. The molecule has 0 radical (unpaired) electrons. The molecule has 4 heteroatoms. The first-order chi connectivity index (χ1) is 15.0. The van der Waals surface area contributed by atoms with Crippen molar-refractivity contribution in [1.82, 2.24) is 0 Å². The van der Waals surface area contributed by atoms with Crippen LogP contribution in [0, 0.1) is 23.3 Å². The first-order valence-corrected chi connectivity index (χ1v) is 10.1. The molecule has 0 heterocycles. The van der Waals surface area contributed by atoms with Gasteiger partial charge in [-0.3, -0.25) is 0 Å². The van der Waals surface area contributed by atoms with E-state index in [2.05, 4.69) is 0 Å². The molecular weight excluding hydrogens is 400 g/mol. The van der Waals surface area contributed by atoms with Crippen LogP contribution < -0.4 is 0 Å². The highest BCUT2D eigenvalue weighted by Gasteiger charge is 2.09. The first-order valence-electron chi connectivity index (χ1n) is 10.1. The van der Waals surface area contributed by atoms with E-state index in [0.29, 0.717) is 35.1 Å². The highest BCUT2D eigenvalue weighted by molar-refractivity contribution is 5.65. The molecule has 0 unspecified atom stereocenters. The van der Waals surface area contributed by atoms with E-state index < -0.39 is 0 Å². The average Bonchev–Trinajstić information content (AvgIpc) is 2.76. The van der Waals surface area contributed by atoms with E-state index >= 15 is 0 Å². The fourth-order valence-corrected chi connectivity index (χ4v) is 3.65. The fraction of sp³-hybridized carbons (Fsp3) is 0.111. The molecule has 0 aliphatic rings. The van der Waals surface area contributed by atoms with Crippen molar-refractivity contribution in [2.75, 3.05) is 0 Å². The van der Waals surface area contributed by atoms with Crippen molar-refractivity contribution in [3.63, 3.8) is 0 Å². The maximum absolute atomic E-state index is 14.5. The fourth-order valence-electron chi connectivity index (χ4n) is 3.65. The van der Waals surface area contributed by atoms with E-state index in [-0.39, 0.29) is 23.3 Å². The second kappa shape index (κ2) is 9.17. The molecule has 0 aliphatic carbocycles. The minimum absolute atomic E-state index is 0.348. The SMILES string of the molecule is Fc1ccc(-c2ccc(CCCc3ccc(-c4ccc(F)cc4)c(F)c3)cc2F)cc1. The van der Waals surface area contributed by atoms with E-state index in [1.54, 1.807) is 36.4 Å². The molecule has 0 atom stereocenters. The van der Waals surface area contributed by atoms with Gasteiger partial charge in [-0.25, -0.2) is 17.6 Å². The summed E-state index contributed by atoms with van der Waals surface area (Å²) in [5.41, 5.74) is 3.83. The third-order valence-corrected chi connectivity index (χ3v) is 5.31. The van der Waals surface area contributed by atoms with Crippen molar-refractivity contribution in [2.24, 2.45) is 0 Å². The highest BCUT2D eigenvalue weighted by Crippen LogP contribution is 2.26. The van der Waals surface area contributed by atoms with Gasteiger partial charge in [0.1, 0.15) is 23.3 Å². The zero-order valence-electron chi connectivity index (χ0n) is 16.7. The Bertz CT molecular complexity index is 1080. The number of rotatable bonds is 6. The molecule has 0 fully saturated rings. The van der Waals surface area contributed by atoms with Gasteiger partial charge < -0.3 is 0 Å². The van der Waals surface area contributed by atoms with Crippen LogP contribution in [0.3, 0.4) is 0 Å². The zero-order valence-corrected chi connectivity index (χ0v) is 16.7. The van der Waals surface area contributed by atoms with E-state index in [9.17, 15) is 17.6 Å². The van der Waals surface area contributed by atoms with Gasteiger partial charge in [0.25, 0.3) is 0 Å². The Kier molecular flexibility index (Phi) is 6.17. The molecule has 4 aromatic carbocycles. The summed E-state index contributed by atoms with van der Waals surface area (Å²) < 4.78 is 55.1. The molecule has 31 heavy (non-hydrogen) atoms. The van der Waals surface area contributed by atoms with Crippen LogP contribution in [-0.2, 0) is 12.8 Å². The molecule has 0 aliphatic heterocycles. The summed E-state index contributed by atoms with van der Waals surface area (Å²) in [4.78, 5) is 0. The summed E-state index contributed by atoms with van der Waals surface area (Å²) in [6, 6.07) is 21.6. The molecule has 0 N–H and O–H groups in total. The van der Waals surface area contributed by atoms with Crippen LogP contribution in [0.2, 0.25) is 0 Å². The van der Waals surface area contributed by atoms with Gasteiger partial charge in [-0.15, -0.1) is 0 Å². The van der Waals surface area contributed by atoms with Gasteiger partial charge in [0, 0.05) is 11.1 Å². The number of benzene rings is 4. The number of halogens is 4. The van der Waals surface area contributed by atoms with E-state index in [1.807, 2.05) is 12.1 Å². The molecule has 0 bridgehead atoms. The highest BCUT2D eigenvalue weighted by atomic mass is 19.1. The van der Waals surface area contributed by atoms with Gasteiger partial charge in [-0.1, -0.05) is 48.5 Å². The van der Waals surface area contributed by atoms with Gasteiger partial charge in [-0.2, -0.15) is 0 Å². The first kappa shape index (κ1) is 20.9. The van der Waals surface area contributed by atoms with Crippen LogP contribution in [0.4, 0.5) is 17.6 Å². The predicted molar refractivity (Wildman–Crippen MR) is 116 cm³/mol. The minimum Gasteiger partial charge on any atom is -0.207 e. The van der Waals surface area contributed by atoms with Gasteiger partial charge in [0.15, 0.2) is 0 Å². The Hall–Kier alpha value is -3.40. The molecule has 0 nitrogen and oxygen atoms in total.